The maximum absolute atomic E-state index is 6.18. The number of anilines is 5. The van der Waals surface area contributed by atoms with Crippen LogP contribution in [0.4, 0.5) is 28.1 Å². The maximum Gasteiger partial charge on any atom is 0.188 e. The summed E-state index contributed by atoms with van der Waals surface area (Å²) in [4.78, 5) is 14.0. The van der Waals surface area contributed by atoms with E-state index in [0.29, 0.717) is 17.3 Å². The first-order valence-corrected chi connectivity index (χ1v) is 8.11. The van der Waals surface area contributed by atoms with Crippen molar-refractivity contribution in [3.8, 4) is 5.75 Å². The topological polar surface area (TPSA) is 98.0 Å². The van der Waals surface area contributed by atoms with Gasteiger partial charge in [0, 0.05) is 10.6 Å². The average Bonchev–Trinajstić information content (AvgIpc) is 2.90. The highest BCUT2D eigenvalue weighted by molar-refractivity contribution is 7.15. The number of thiazole rings is 1. The minimum absolute atomic E-state index is 0.429. The van der Waals surface area contributed by atoms with Crippen molar-refractivity contribution in [3.05, 3.63) is 41.2 Å². The molecule has 7 nitrogen and oxygen atoms in total. The summed E-state index contributed by atoms with van der Waals surface area (Å²) in [6.07, 6.45) is 1.46. The number of benzene rings is 1. The van der Waals surface area contributed by atoms with Gasteiger partial charge in [0.2, 0.25) is 0 Å². The molecule has 0 aliphatic rings. The van der Waals surface area contributed by atoms with E-state index in [0.717, 1.165) is 27.1 Å². The van der Waals surface area contributed by atoms with Crippen LogP contribution in [0, 0.1) is 13.8 Å². The molecule has 3 aromatic rings. The highest BCUT2D eigenvalue weighted by Crippen LogP contribution is 2.30. The molecule has 0 radical (unpaired) electrons. The molecule has 0 saturated heterocycles. The zero-order valence-corrected chi connectivity index (χ0v) is 14.4. The van der Waals surface area contributed by atoms with Crippen LogP contribution >= 0.6 is 11.3 Å². The molecule has 0 amide bonds. The van der Waals surface area contributed by atoms with Crippen LogP contribution in [0.3, 0.4) is 0 Å². The van der Waals surface area contributed by atoms with E-state index < -0.39 is 0 Å². The number of nitrogen functional groups attached to an aromatic ring is 1. The third-order valence-corrected chi connectivity index (χ3v) is 4.48. The maximum atomic E-state index is 6.18. The molecule has 24 heavy (non-hydrogen) atoms. The van der Waals surface area contributed by atoms with Gasteiger partial charge in [0.05, 0.1) is 12.8 Å². The van der Waals surface area contributed by atoms with Gasteiger partial charge in [-0.05, 0) is 38.1 Å². The Bertz CT molecular complexity index is 827. The summed E-state index contributed by atoms with van der Waals surface area (Å²) in [6, 6.07) is 7.50. The Balaban J connectivity index is 1.81. The summed E-state index contributed by atoms with van der Waals surface area (Å²) < 4.78 is 5.15. The monoisotopic (exact) mass is 342 g/mol. The lowest BCUT2D eigenvalue weighted by molar-refractivity contribution is 0.415. The number of nitrogens with two attached hydrogens (primary N) is 1. The molecule has 4 N–H and O–H groups in total. The first-order chi connectivity index (χ1) is 11.6. The average molecular weight is 342 g/mol. The number of ether oxygens (including phenoxy) is 1. The lowest BCUT2D eigenvalue weighted by Gasteiger charge is -2.11. The van der Waals surface area contributed by atoms with Crippen LogP contribution in [-0.4, -0.2) is 22.1 Å². The summed E-state index contributed by atoms with van der Waals surface area (Å²) in [5.41, 5.74) is 8.46. The van der Waals surface area contributed by atoms with Gasteiger partial charge < -0.3 is 21.1 Å². The molecule has 0 fully saturated rings. The second-order valence-corrected chi connectivity index (χ2v) is 6.33. The molecule has 0 aliphatic carbocycles. The first kappa shape index (κ1) is 16.0. The zero-order valence-electron chi connectivity index (χ0n) is 13.6. The van der Waals surface area contributed by atoms with Crippen LogP contribution in [0.5, 0.6) is 5.75 Å². The van der Waals surface area contributed by atoms with Gasteiger partial charge in [0.15, 0.2) is 16.8 Å². The van der Waals surface area contributed by atoms with E-state index in [1.54, 1.807) is 18.4 Å². The van der Waals surface area contributed by atoms with Crippen molar-refractivity contribution in [2.75, 3.05) is 23.5 Å². The zero-order chi connectivity index (χ0) is 17.1. The minimum atomic E-state index is 0.429. The van der Waals surface area contributed by atoms with Crippen LogP contribution in [0.2, 0.25) is 0 Å². The Hall–Kier alpha value is -2.87. The normalized spacial score (nSPS) is 10.5. The number of rotatable bonds is 5. The van der Waals surface area contributed by atoms with E-state index in [1.807, 2.05) is 38.1 Å². The lowest BCUT2D eigenvalue weighted by Crippen LogP contribution is -2.05. The summed E-state index contributed by atoms with van der Waals surface area (Å²) in [6.45, 7) is 4.00. The number of nitrogens with zero attached hydrogens (tertiary/aromatic N) is 3. The summed E-state index contributed by atoms with van der Waals surface area (Å²) >= 11 is 1.56. The van der Waals surface area contributed by atoms with Crippen LogP contribution < -0.4 is 21.1 Å². The fourth-order valence-electron chi connectivity index (χ4n) is 2.03. The van der Waals surface area contributed by atoms with E-state index in [1.165, 1.54) is 6.33 Å². The Morgan fingerprint density at radius 1 is 1.04 bits per heavy atom. The molecule has 8 heteroatoms. The van der Waals surface area contributed by atoms with E-state index in [4.69, 9.17) is 10.5 Å². The lowest BCUT2D eigenvalue weighted by atomic mass is 10.3. The minimum Gasteiger partial charge on any atom is -0.497 e. The van der Waals surface area contributed by atoms with Crippen LogP contribution in [-0.2, 0) is 0 Å². The van der Waals surface area contributed by atoms with Crippen molar-refractivity contribution in [1.82, 2.24) is 15.0 Å². The number of nitrogens with one attached hydrogen (secondary N) is 2. The Morgan fingerprint density at radius 2 is 1.71 bits per heavy atom. The van der Waals surface area contributed by atoms with E-state index in [2.05, 4.69) is 25.6 Å². The Morgan fingerprint density at radius 3 is 2.29 bits per heavy atom. The van der Waals surface area contributed by atoms with Crippen molar-refractivity contribution in [2.45, 2.75) is 13.8 Å². The molecular weight excluding hydrogens is 324 g/mol. The molecule has 124 valence electrons. The third kappa shape index (κ3) is 3.38. The third-order valence-electron chi connectivity index (χ3n) is 3.49. The quantitative estimate of drug-likeness (QED) is 0.651. The van der Waals surface area contributed by atoms with Gasteiger partial charge in [0.1, 0.15) is 17.8 Å². The molecule has 0 atom stereocenters. The van der Waals surface area contributed by atoms with Crippen molar-refractivity contribution in [2.24, 2.45) is 0 Å². The second-order valence-electron chi connectivity index (χ2n) is 5.12. The van der Waals surface area contributed by atoms with Gasteiger partial charge in [-0.25, -0.2) is 15.0 Å². The van der Waals surface area contributed by atoms with E-state index in [-0.39, 0.29) is 0 Å². The van der Waals surface area contributed by atoms with Crippen molar-refractivity contribution in [3.63, 3.8) is 0 Å². The fraction of sp³-hybridized carbons (Fsp3) is 0.188. The van der Waals surface area contributed by atoms with Crippen LogP contribution in [0.25, 0.3) is 0 Å². The van der Waals surface area contributed by atoms with Crippen LogP contribution in [0.15, 0.2) is 30.6 Å². The van der Waals surface area contributed by atoms with E-state index >= 15 is 0 Å². The Labute approximate surface area is 143 Å². The van der Waals surface area contributed by atoms with Gasteiger partial charge >= 0.3 is 0 Å². The number of hydrogen-bond donors (Lipinski definition) is 3. The molecule has 0 aliphatic heterocycles. The second kappa shape index (κ2) is 6.71. The summed E-state index contributed by atoms with van der Waals surface area (Å²) in [7, 11) is 1.63. The van der Waals surface area contributed by atoms with E-state index in [9.17, 15) is 0 Å². The number of methoxy groups -OCH3 is 1. The molecule has 0 bridgehead atoms. The largest absolute Gasteiger partial charge is 0.497 e. The number of aromatic nitrogens is 3. The van der Waals surface area contributed by atoms with Crippen molar-refractivity contribution < 1.29 is 4.74 Å². The van der Waals surface area contributed by atoms with Crippen molar-refractivity contribution in [1.29, 1.82) is 0 Å². The first-order valence-electron chi connectivity index (χ1n) is 7.29. The molecule has 0 unspecified atom stereocenters. The van der Waals surface area contributed by atoms with Crippen molar-refractivity contribution >= 4 is 39.5 Å². The Kier molecular flexibility index (Phi) is 4.48. The van der Waals surface area contributed by atoms with Gasteiger partial charge in [-0.15, -0.1) is 11.3 Å². The van der Waals surface area contributed by atoms with Gasteiger partial charge in [-0.1, -0.05) is 0 Å². The van der Waals surface area contributed by atoms with Gasteiger partial charge in [-0.2, -0.15) is 0 Å². The number of hydrogen-bond acceptors (Lipinski definition) is 8. The summed E-state index contributed by atoms with van der Waals surface area (Å²) in [5.74, 6) is 1.84. The molecule has 2 heterocycles. The predicted molar refractivity (Wildman–Crippen MR) is 97.6 cm³/mol. The predicted octanol–water partition coefficient (Wildman–Crippen LogP) is 3.63. The highest BCUT2D eigenvalue weighted by atomic mass is 32.1. The SMILES string of the molecule is COc1ccc(Nc2ncnc(Nc3nc(C)c(C)s3)c2N)cc1. The summed E-state index contributed by atoms with van der Waals surface area (Å²) in [5, 5.41) is 7.08. The van der Waals surface area contributed by atoms with Gasteiger partial charge in [0.25, 0.3) is 0 Å². The molecule has 3 rings (SSSR count). The van der Waals surface area contributed by atoms with Gasteiger partial charge in [-0.3, -0.25) is 0 Å². The standard InChI is InChI=1S/C16H18N6OS/c1-9-10(2)24-16(20-9)22-15-13(17)14(18-8-19-15)21-11-4-6-12(23-3)7-5-11/h4-8H,17H2,1-3H3,(H2,18,19,20,21,22). The van der Waals surface area contributed by atoms with Crippen LogP contribution in [0.1, 0.15) is 10.6 Å². The molecular formula is C16H18N6OS. The molecule has 0 saturated carbocycles. The smallest absolute Gasteiger partial charge is 0.188 e. The highest BCUT2D eigenvalue weighted by Gasteiger charge is 2.11. The molecule has 2 aromatic heterocycles. The molecule has 1 aromatic carbocycles. The number of aryl methyl sites for hydroxylation is 2. The molecule has 0 spiro atoms. The fourth-order valence-corrected chi connectivity index (χ4v) is 2.85.